The van der Waals surface area contributed by atoms with Crippen molar-refractivity contribution in [3.63, 3.8) is 0 Å². The number of carbonyl (C=O) groups excluding carboxylic acids is 1. The third-order valence-electron chi connectivity index (χ3n) is 6.02. The maximum Gasteiger partial charge on any atom is 0.254 e. The lowest BCUT2D eigenvalue weighted by Crippen LogP contribution is -2.49. The van der Waals surface area contributed by atoms with Gasteiger partial charge in [0.05, 0.1) is 23.0 Å². The number of aromatic nitrogens is 5. The lowest BCUT2D eigenvalue weighted by Gasteiger charge is -2.35. The van der Waals surface area contributed by atoms with Gasteiger partial charge in [-0.1, -0.05) is 41.5 Å². The highest BCUT2D eigenvalue weighted by molar-refractivity contribution is 6.07. The minimum absolute atomic E-state index is 0.0197. The Hall–Kier alpha value is -4.53. The second-order valence-electron chi connectivity index (χ2n) is 8.05. The summed E-state index contributed by atoms with van der Waals surface area (Å²) >= 11 is 0. The topological polar surface area (TPSA) is 93.2 Å². The van der Waals surface area contributed by atoms with E-state index in [1.165, 1.54) is 0 Å². The number of piperazine rings is 1. The number of hydrogen-bond acceptors (Lipinski definition) is 7. The number of tetrazole rings is 1. The molecule has 0 bridgehead atoms. The fourth-order valence-corrected chi connectivity index (χ4v) is 4.30. The summed E-state index contributed by atoms with van der Waals surface area (Å²) in [6, 6.07) is 23.0. The molecule has 0 spiro atoms. The molecule has 1 saturated heterocycles. The van der Waals surface area contributed by atoms with Crippen molar-refractivity contribution in [3.8, 4) is 17.1 Å². The molecule has 5 aromatic rings. The molecule has 1 amide bonds. The smallest absolute Gasteiger partial charge is 0.254 e. The van der Waals surface area contributed by atoms with Crippen LogP contribution in [-0.4, -0.2) is 62.2 Å². The minimum Gasteiger partial charge on any atom is -0.463 e. The van der Waals surface area contributed by atoms with Crippen LogP contribution in [0.3, 0.4) is 0 Å². The fraction of sp³-hybridized carbons (Fsp3) is 0.160. The number of nitrogens with zero attached hydrogens (tertiary/aromatic N) is 7. The molecule has 1 aliphatic heterocycles. The van der Waals surface area contributed by atoms with E-state index in [0.29, 0.717) is 49.1 Å². The van der Waals surface area contributed by atoms with Gasteiger partial charge >= 0.3 is 0 Å². The Morgan fingerprint density at radius 3 is 2.47 bits per heavy atom. The molecule has 6 rings (SSSR count). The van der Waals surface area contributed by atoms with Gasteiger partial charge in [0.15, 0.2) is 5.76 Å². The third kappa shape index (κ3) is 3.57. The molecule has 1 fully saturated rings. The van der Waals surface area contributed by atoms with E-state index in [-0.39, 0.29) is 5.91 Å². The molecule has 0 atom stereocenters. The first kappa shape index (κ1) is 20.1. The maximum atomic E-state index is 13.6. The molecule has 0 saturated carbocycles. The molecule has 34 heavy (non-hydrogen) atoms. The number of fused-ring (bicyclic) bond motifs is 1. The second-order valence-corrected chi connectivity index (χ2v) is 8.05. The van der Waals surface area contributed by atoms with Crippen molar-refractivity contribution < 1.29 is 9.21 Å². The molecule has 9 nitrogen and oxygen atoms in total. The standard InChI is InChI=1S/C25H21N7O2/c33-24(20-17-22(23-11-6-16-34-23)26-21-10-5-4-9-19(20)21)30-12-14-31(15-13-30)25-27-28-29-32(25)18-7-2-1-3-8-18/h1-11,16-17H,12-15H2. The Morgan fingerprint density at radius 1 is 0.882 bits per heavy atom. The molecule has 3 aromatic heterocycles. The lowest BCUT2D eigenvalue weighted by atomic mass is 10.0. The number of anilines is 1. The van der Waals surface area contributed by atoms with Crippen molar-refractivity contribution in [1.82, 2.24) is 30.1 Å². The van der Waals surface area contributed by atoms with Crippen molar-refractivity contribution in [2.75, 3.05) is 31.1 Å². The summed E-state index contributed by atoms with van der Waals surface area (Å²) in [5.74, 6) is 1.29. The maximum absolute atomic E-state index is 13.6. The van der Waals surface area contributed by atoms with Gasteiger partial charge in [0.1, 0.15) is 5.69 Å². The van der Waals surface area contributed by atoms with E-state index >= 15 is 0 Å². The van der Waals surface area contributed by atoms with Crippen LogP contribution in [-0.2, 0) is 0 Å². The monoisotopic (exact) mass is 451 g/mol. The highest BCUT2D eigenvalue weighted by atomic mass is 16.3. The van der Waals surface area contributed by atoms with Gasteiger partial charge < -0.3 is 14.2 Å². The number of pyridine rings is 1. The molecular formula is C25H21N7O2. The zero-order valence-electron chi connectivity index (χ0n) is 18.3. The van der Waals surface area contributed by atoms with Gasteiger partial charge in [-0.2, -0.15) is 4.68 Å². The van der Waals surface area contributed by atoms with E-state index in [4.69, 9.17) is 9.40 Å². The van der Waals surface area contributed by atoms with Crippen LogP contribution in [0.2, 0.25) is 0 Å². The van der Waals surface area contributed by atoms with Crippen LogP contribution in [0.4, 0.5) is 5.95 Å². The van der Waals surface area contributed by atoms with E-state index in [0.717, 1.165) is 16.6 Å². The summed E-state index contributed by atoms with van der Waals surface area (Å²) in [4.78, 5) is 22.3. The highest BCUT2D eigenvalue weighted by Crippen LogP contribution is 2.27. The van der Waals surface area contributed by atoms with Crippen LogP contribution in [0, 0.1) is 0 Å². The van der Waals surface area contributed by atoms with Crippen LogP contribution in [0.5, 0.6) is 0 Å². The van der Waals surface area contributed by atoms with Crippen molar-refractivity contribution in [3.05, 3.63) is 84.6 Å². The summed E-state index contributed by atoms with van der Waals surface area (Å²) in [6.45, 7) is 2.39. The first-order valence-corrected chi connectivity index (χ1v) is 11.1. The summed E-state index contributed by atoms with van der Waals surface area (Å²) in [7, 11) is 0. The SMILES string of the molecule is O=C(c1cc(-c2ccco2)nc2ccccc12)N1CCN(c2nnnn2-c2ccccc2)CC1. The van der Waals surface area contributed by atoms with Crippen LogP contribution in [0.25, 0.3) is 28.0 Å². The van der Waals surface area contributed by atoms with Crippen LogP contribution >= 0.6 is 0 Å². The first-order valence-electron chi connectivity index (χ1n) is 11.1. The van der Waals surface area contributed by atoms with E-state index in [1.807, 2.05) is 77.7 Å². The largest absolute Gasteiger partial charge is 0.463 e. The van der Waals surface area contributed by atoms with E-state index in [9.17, 15) is 4.79 Å². The first-order chi connectivity index (χ1) is 16.8. The predicted molar refractivity (Wildman–Crippen MR) is 127 cm³/mol. The van der Waals surface area contributed by atoms with E-state index in [1.54, 1.807) is 10.9 Å². The lowest BCUT2D eigenvalue weighted by molar-refractivity contribution is 0.0748. The Balaban J connectivity index is 1.26. The molecule has 9 heteroatoms. The Morgan fingerprint density at radius 2 is 1.68 bits per heavy atom. The summed E-state index contributed by atoms with van der Waals surface area (Å²) in [5.41, 5.74) is 2.93. The molecule has 4 heterocycles. The number of amides is 1. The minimum atomic E-state index is -0.0197. The van der Waals surface area contributed by atoms with Crippen LogP contribution in [0.1, 0.15) is 10.4 Å². The molecule has 0 unspecified atom stereocenters. The van der Waals surface area contributed by atoms with Gasteiger partial charge in [-0.3, -0.25) is 4.79 Å². The summed E-state index contributed by atoms with van der Waals surface area (Å²) in [5, 5.41) is 13.1. The zero-order valence-corrected chi connectivity index (χ0v) is 18.3. The number of rotatable bonds is 4. The van der Waals surface area contributed by atoms with Crippen LogP contribution < -0.4 is 4.90 Å². The average Bonchev–Trinajstić information content (AvgIpc) is 3.61. The summed E-state index contributed by atoms with van der Waals surface area (Å²) in [6.07, 6.45) is 1.61. The Bertz CT molecular complexity index is 1440. The Labute approximate surface area is 195 Å². The number of carbonyl (C=O) groups is 1. The Kier molecular flexibility index (Phi) is 4.99. The van der Waals surface area contributed by atoms with Gasteiger partial charge in [0, 0.05) is 31.6 Å². The molecule has 0 N–H and O–H groups in total. The molecule has 2 aromatic carbocycles. The molecule has 1 aliphatic rings. The molecule has 0 radical (unpaired) electrons. The number of hydrogen-bond donors (Lipinski definition) is 0. The second kappa shape index (κ2) is 8.43. The normalized spacial score (nSPS) is 14.0. The van der Waals surface area contributed by atoms with Crippen molar-refractivity contribution in [2.24, 2.45) is 0 Å². The van der Waals surface area contributed by atoms with Crippen LogP contribution in [0.15, 0.2) is 83.5 Å². The number of benzene rings is 2. The van der Waals surface area contributed by atoms with Crippen molar-refractivity contribution in [2.45, 2.75) is 0 Å². The molecule has 168 valence electrons. The van der Waals surface area contributed by atoms with Crippen molar-refractivity contribution in [1.29, 1.82) is 0 Å². The average molecular weight is 451 g/mol. The number of para-hydroxylation sites is 2. The van der Waals surface area contributed by atoms with Gasteiger partial charge in [0.2, 0.25) is 5.95 Å². The quantitative estimate of drug-likeness (QED) is 0.413. The highest BCUT2D eigenvalue weighted by Gasteiger charge is 2.27. The van der Waals surface area contributed by atoms with Gasteiger partial charge in [-0.15, -0.1) is 0 Å². The van der Waals surface area contributed by atoms with E-state index < -0.39 is 0 Å². The van der Waals surface area contributed by atoms with E-state index in [2.05, 4.69) is 20.4 Å². The van der Waals surface area contributed by atoms with Gasteiger partial charge in [-0.25, -0.2) is 4.98 Å². The predicted octanol–water partition coefficient (Wildman–Crippen LogP) is 3.43. The van der Waals surface area contributed by atoms with Gasteiger partial charge in [0.25, 0.3) is 5.91 Å². The molecular weight excluding hydrogens is 430 g/mol. The molecule has 0 aliphatic carbocycles. The van der Waals surface area contributed by atoms with Crippen molar-refractivity contribution >= 4 is 22.8 Å². The number of furan rings is 1. The zero-order chi connectivity index (χ0) is 22.9. The fourth-order valence-electron chi connectivity index (χ4n) is 4.30. The third-order valence-corrected chi connectivity index (χ3v) is 6.02. The summed E-state index contributed by atoms with van der Waals surface area (Å²) < 4.78 is 7.26. The van der Waals surface area contributed by atoms with Gasteiger partial charge in [-0.05, 0) is 46.8 Å².